The average molecular weight is 240 g/mol. The van der Waals surface area contributed by atoms with E-state index in [1.165, 1.54) is 0 Å². The lowest BCUT2D eigenvalue weighted by atomic mass is 10.1. The highest BCUT2D eigenvalue weighted by molar-refractivity contribution is 6.74. The summed E-state index contributed by atoms with van der Waals surface area (Å²) in [5, 5.41) is 0.236. The fourth-order valence-corrected chi connectivity index (χ4v) is 2.48. The summed E-state index contributed by atoms with van der Waals surface area (Å²) in [5.41, 5.74) is 0. The zero-order chi connectivity index (χ0) is 12.4. The van der Waals surface area contributed by atoms with Crippen LogP contribution in [0.15, 0.2) is 23.7 Å². The summed E-state index contributed by atoms with van der Waals surface area (Å²) in [6.07, 6.45) is 6.03. The van der Waals surface area contributed by atoms with Crippen molar-refractivity contribution < 1.29 is 9.16 Å². The van der Waals surface area contributed by atoms with Gasteiger partial charge in [-0.1, -0.05) is 32.9 Å². The van der Waals surface area contributed by atoms with Gasteiger partial charge in [-0.05, 0) is 18.1 Å². The SMILES string of the molecule is COC1=C(O[Si](C)(C)C(C)(C)C)CC=CC1. The Labute approximate surface area is 100 Å². The van der Waals surface area contributed by atoms with E-state index in [0.717, 1.165) is 24.4 Å². The zero-order valence-electron chi connectivity index (χ0n) is 11.4. The number of ether oxygens (including phenoxy) is 1. The highest BCUT2D eigenvalue weighted by Gasteiger charge is 2.39. The van der Waals surface area contributed by atoms with E-state index in [1.807, 2.05) is 0 Å². The molecular weight excluding hydrogens is 216 g/mol. The van der Waals surface area contributed by atoms with Crippen LogP contribution in [0.5, 0.6) is 0 Å². The Balaban J connectivity index is 2.84. The molecule has 0 fully saturated rings. The van der Waals surface area contributed by atoms with Crippen molar-refractivity contribution in [2.75, 3.05) is 7.11 Å². The predicted octanol–water partition coefficient (Wildman–Crippen LogP) is 4.22. The minimum absolute atomic E-state index is 0.236. The molecule has 0 saturated heterocycles. The van der Waals surface area contributed by atoms with E-state index in [-0.39, 0.29) is 5.04 Å². The molecule has 1 aliphatic carbocycles. The van der Waals surface area contributed by atoms with Crippen molar-refractivity contribution in [2.45, 2.75) is 51.7 Å². The normalized spacial score (nSPS) is 17.6. The molecule has 0 saturated carbocycles. The number of rotatable bonds is 3. The van der Waals surface area contributed by atoms with Gasteiger partial charge in [0.2, 0.25) is 8.32 Å². The van der Waals surface area contributed by atoms with Crippen LogP contribution in [-0.4, -0.2) is 15.4 Å². The molecule has 16 heavy (non-hydrogen) atoms. The van der Waals surface area contributed by atoms with Gasteiger partial charge < -0.3 is 9.16 Å². The van der Waals surface area contributed by atoms with Crippen LogP contribution in [0.25, 0.3) is 0 Å². The molecule has 0 amide bonds. The van der Waals surface area contributed by atoms with E-state index < -0.39 is 8.32 Å². The number of allylic oxidation sites excluding steroid dienone is 2. The molecule has 0 aromatic heterocycles. The van der Waals surface area contributed by atoms with E-state index in [9.17, 15) is 0 Å². The molecule has 0 heterocycles. The van der Waals surface area contributed by atoms with Gasteiger partial charge in [-0.3, -0.25) is 0 Å². The summed E-state index contributed by atoms with van der Waals surface area (Å²) in [5.74, 6) is 2.03. The lowest BCUT2D eigenvalue weighted by Crippen LogP contribution is -2.40. The lowest BCUT2D eigenvalue weighted by Gasteiger charge is -2.38. The molecular formula is C13H24O2Si. The molecule has 3 heteroatoms. The lowest BCUT2D eigenvalue weighted by molar-refractivity contribution is 0.242. The maximum absolute atomic E-state index is 6.29. The highest BCUT2D eigenvalue weighted by Crippen LogP contribution is 2.39. The fourth-order valence-electron chi connectivity index (χ4n) is 1.37. The van der Waals surface area contributed by atoms with E-state index in [4.69, 9.17) is 9.16 Å². The summed E-state index contributed by atoms with van der Waals surface area (Å²) in [6, 6.07) is 0. The van der Waals surface area contributed by atoms with Gasteiger partial charge in [-0.15, -0.1) is 0 Å². The summed E-state index contributed by atoms with van der Waals surface area (Å²) >= 11 is 0. The first-order valence-corrected chi connectivity index (χ1v) is 8.79. The van der Waals surface area contributed by atoms with Gasteiger partial charge in [0.1, 0.15) is 11.5 Å². The summed E-state index contributed by atoms with van der Waals surface area (Å²) in [7, 11) is 0.00356. The van der Waals surface area contributed by atoms with Crippen molar-refractivity contribution in [3.8, 4) is 0 Å². The highest BCUT2D eigenvalue weighted by atomic mass is 28.4. The van der Waals surface area contributed by atoms with Gasteiger partial charge in [0, 0.05) is 12.8 Å². The maximum atomic E-state index is 6.29. The van der Waals surface area contributed by atoms with Crippen LogP contribution in [0.4, 0.5) is 0 Å². The van der Waals surface area contributed by atoms with Crippen LogP contribution in [-0.2, 0) is 9.16 Å². The standard InChI is InChI=1S/C13H24O2Si/c1-13(2,3)16(5,6)15-12-10-8-7-9-11(12)14-4/h7-8H,9-10H2,1-6H3. The molecule has 0 unspecified atom stereocenters. The van der Waals surface area contributed by atoms with Gasteiger partial charge in [-0.2, -0.15) is 0 Å². The average Bonchev–Trinajstić information content (AvgIpc) is 2.16. The van der Waals surface area contributed by atoms with Crippen LogP contribution < -0.4 is 0 Å². The first kappa shape index (κ1) is 13.4. The van der Waals surface area contributed by atoms with E-state index >= 15 is 0 Å². The van der Waals surface area contributed by atoms with Gasteiger partial charge in [0.15, 0.2) is 0 Å². The Kier molecular flexibility index (Phi) is 3.89. The smallest absolute Gasteiger partial charge is 0.250 e. The minimum atomic E-state index is -1.72. The van der Waals surface area contributed by atoms with Crippen molar-refractivity contribution in [1.29, 1.82) is 0 Å². The van der Waals surface area contributed by atoms with E-state index in [0.29, 0.717) is 0 Å². The van der Waals surface area contributed by atoms with Crippen LogP contribution in [0.3, 0.4) is 0 Å². The van der Waals surface area contributed by atoms with Crippen LogP contribution in [0, 0.1) is 0 Å². The van der Waals surface area contributed by atoms with Gasteiger partial charge >= 0.3 is 0 Å². The van der Waals surface area contributed by atoms with E-state index in [2.05, 4.69) is 46.0 Å². The molecule has 1 aliphatic rings. The van der Waals surface area contributed by atoms with Crippen molar-refractivity contribution >= 4 is 8.32 Å². The quantitative estimate of drug-likeness (QED) is 0.543. The molecule has 0 bridgehead atoms. The second kappa shape index (κ2) is 4.66. The minimum Gasteiger partial charge on any atom is -0.544 e. The van der Waals surface area contributed by atoms with Gasteiger partial charge in [0.25, 0.3) is 0 Å². The fraction of sp³-hybridized carbons (Fsp3) is 0.692. The molecule has 0 aromatic carbocycles. The first-order valence-electron chi connectivity index (χ1n) is 5.88. The molecule has 0 aromatic rings. The van der Waals surface area contributed by atoms with Crippen molar-refractivity contribution in [2.24, 2.45) is 0 Å². The Bertz CT molecular complexity index is 308. The Morgan fingerprint density at radius 3 is 2.00 bits per heavy atom. The molecule has 0 aliphatic heterocycles. The third kappa shape index (κ3) is 2.91. The largest absolute Gasteiger partial charge is 0.544 e. The van der Waals surface area contributed by atoms with E-state index in [1.54, 1.807) is 7.11 Å². The molecule has 2 nitrogen and oxygen atoms in total. The Hall–Kier alpha value is -0.703. The van der Waals surface area contributed by atoms with Gasteiger partial charge in [0.05, 0.1) is 7.11 Å². The predicted molar refractivity (Wildman–Crippen MR) is 70.7 cm³/mol. The molecule has 0 radical (unpaired) electrons. The maximum Gasteiger partial charge on any atom is 0.250 e. The zero-order valence-corrected chi connectivity index (χ0v) is 12.4. The molecule has 1 rings (SSSR count). The van der Waals surface area contributed by atoms with Crippen LogP contribution >= 0.6 is 0 Å². The Morgan fingerprint density at radius 2 is 1.56 bits per heavy atom. The van der Waals surface area contributed by atoms with Crippen molar-refractivity contribution in [3.05, 3.63) is 23.7 Å². The van der Waals surface area contributed by atoms with Crippen molar-refractivity contribution in [1.82, 2.24) is 0 Å². The molecule has 0 spiro atoms. The second-order valence-corrected chi connectivity index (χ2v) is 10.5. The number of methoxy groups -OCH3 is 1. The molecule has 0 atom stereocenters. The molecule has 0 N–H and O–H groups in total. The third-order valence-electron chi connectivity index (χ3n) is 3.52. The number of hydrogen-bond donors (Lipinski definition) is 0. The van der Waals surface area contributed by atoms with Crippen LogP contribution in [0.1, 0.15) is 33.6 Å². The second-order valence-electron chi connectivity index (χ2n) is 5.79. The summed E-state index contributed by atoms with van der Waals surface area (Å²) < 4.78 is 11.7. The van der Waals surface area contributed by atoms with Crippen LogP contribution in [0.2, 0.25) is 18.1 Å². The monoisotopic (exact) mass is 240 g/mol. The Morgan fingerprint density at radius 1 is 1.06 bits per heavy atom. The molecule has 92 valence electrons. The summed E-state index contributed by atoms with van der Waals surface area (Å²) in [4.78, 5) is 0. The first-order chi connectivity index (χ1) is 7.28. The van der Waals surface area contributed by atoms with Crippen molar-refractivity contribution in [3.63, 3.8) is 0 Å². The topological polar surface area (TPSA) is 18.5 Å². The summed E-state index contributed by atoms with van der Waals surface area (Å²) in [6.45, 7) is 11.3. The number of hydrogen-bond acceptors (Lipinski definition) is 2. The third-order valence-corrected chi connectivity index (χ3v) is 7.88. The van der Waals surface area contributed by atoms with Gasteiger partial charge in [-0.25, -0.2) is 0 Å².